The maximum atomic E-state index is 8.99. The van der Waals surface area contributed by atoms with Gasteiger partial charge in [0.1, 0.15) is 0 Å². The molecule has 3 N–H and O–H groups in total. The third-order valence-corrected chi connectivity index (χ3v) is 3.17. The van der Waals surface area contributed by atoms with Gasteiger partial charge < -0.3 is 15.7 Å². The van der Waals surface area contributed by atoms with Crippen molar-refractivity contribution in [2.24, 2.45) is 4.99 Å². The first-order chi connectivity index (χ1) is 10.2. The highest BCUT2D eigenvalue weighted by atomic mass is 16.3. The SMILES string of the molecule is Cc1ccccc1NC(=NCCO)Nc1ccccc1C. The molecule has 0 aliphatic carbocycles. The maximum Gasteiger partial charge on any atom is 0.200 e. The summed E-state index contributed by atoms with van der Waals surface area (Å²) in [7, 11) is 0. The number of aryl methyl sites for hydroxylation is 2. The van der Waals surface area contributed by atoms with Crippen LogP contribution in [0.2, 0.25) is 0 Å². The molecule has 0 spiro atoms. The van der Waals surface area contributed by atoms with Crippen LogP contribution in [0.4, 0.5) is 11.4 Å². The van der Waals surface area contributed by atoms with E-state index in [1.807, 2.05) is 62.4 Å². The zero-order chi connectivity index (χ0) is 15.1. The molecule has 0 radical (unpaired) electrons. The second kappa shape index (κ2) is 7.45. The van der Waals surface area contributed by atoms with Crippen molar-refractivity contribution in [2.75, 3.05) is 23.8 Å². The van der Waals surface area contributed by atoms with Crippen LogP contribution < -0.4 is 10.6 Å². The number of rotatable bonds is 4. The van der Waals surface area contributed by atoms with E-state index < -0.39 is 0 Å². The number of hydrogen-bond acceptors (Lipinski definition) is 2. The van der Waals surface area contributed by atoms with E-state index >= 15 is 0 Å². The summed E-state index contributed by atoms with van der Waals surface area (Å²) >= 11 is 0. The normalized spacial score (nSPS) is 10.0. The molecular formula is C17H21N3O. The van der Waals surface area contributed by atoms with E-state index in [1.54, 1.807) is 0 Å². The van der Waals surface area contributed by atoms with Crippen LogP contribution in [0.3, 0.4) is 0 Å². The van der Waals surface area contributed by atoms with Gasteiger partial charge >= 0.3 is 0 Å². The van der Waals surface area contributed by atoms with Gasteiger partial charge in [0.15, 0.2) is 5.96 Å². The molecule has 0 aliphatic heterocycles. The van der Waals surface area contributed by atoms with Crippen LogP contribution in [0.25, 0.3) is 0 Å². The van der Waals surface area contributed by atoms with E-state index in [9.17, 15) is 0 Å². The fourth-order valence-electron chi connectivity index (χ4n) is 1.95. The zero-order valence-corrected chi connectivity index (χ0v) is 12.4. The minimum absolute atomic E-state index is 0.0222. The third-order valence-electron chi connectivity index (χ3n) is 3.17. The maximum absolute atomic E-state index is 8.99. The van der Waals surface area contributed by atoms with Gasteiger partial charge in [-0.15, -0.1) is 0 Å². The van der Waals surface area contributed by atoms with Gasteiger partial charge in [-0.1, -0.05) is 36.4 Å². The first-order valence-corrected chi connectivity index (χ1v) is 7.01. The van der Waals surface area contributed by atoms with Gasteiger partial charge in [-0.3, -0.25) is 4.99 Å². The number of nitrogens with zero attached hydrogens (tertiary/aromatic N) is 1. The Hall–Kier alpha value is -2.33. The Bertz CT molecular complexity index is 573. The summed E-state index contributed by atoms with van der Waals surface area (Å²) in [5.74, 6) is 0.632. The highest BCUT2D eigenvalue weighted by Gasteiger charge is 2.04. The quantitative estimate of drug-likeness (QED) is 0.596. The second-order valence-corrected chi connectivity index (χ2v) is 4.83. The van der Waals surface area contributed by atoms with Crippen molar-refractivity contribution in [2.45, 2.75) is 13.8 Å². The molecule has 0 aliphatic rings. The van der Waals surface area contributed by atoms with Gasteiger partial charge in [0.05, 0.1) is 13.2 Å². The molecule has 0 unspecified atom stereocenters. The Labute approximate surface area is 125 Å². The van der Waals surface area contributed by atoms with Crippen LogP contribution in [0.5, 0.6) is 0 Å². The predicted molar refractivity (Wildman–Crippen MR) is 89.0 cm³/mol. The molecule has 2 aromatic carbocycles. The molecule has 0 bridgehead atoms. The molecule has 0 heterocycles. The number of para-hydroxylation sites is 2. The minimum atomic E-state index is 0.0222. The van der Waals surface area contributed by atoms with Crippen LogP contribution in [0.15, 0.2) is 53.5 Å². The first-order valence-electron chi connectivity index (χ1n) is 7.01. The Kier molecular flexibility index (Phi) is 5.35. The molecular weight excluding hydrogens is 262 g/mol. The highest BCUT2D eigenvalue weighted by Crippen LogP contribution is 2.16. The van der Waals surface area contributed by atoms with Crippen molar-refractivity contribution in [1.82, 2.24) is 0 Å². The number of nitrogens with one attached hydrogen (secondary N) is 2. The van der Waals surface area contributed by atoms with Crippen molar-refractivity contribution in [3.63, 3.8) is 0 Å². The van der Waals surface area contributed by atoms with E-state index in [0.717, 1.165) is 22.5 Å². The Morgan fingerprint density at radius 2 is 1.38 bits per heavy atom. The van der Waals surface area contributed by atoms with Crippen LogP contribution in [-0.4, -0.2) is 24.2 Å². The van der Waals surface area contributed by atoms with Crippen molar-refractivity contribution in [3.05, 3.63) is 59.7 Å². The number of anilines is 2. The Morgan fingerprint density at radius 3 is 1.81 bits per heavy atom. The molecule has 4 nitrogen and oxygen atoms in total. The van der Waals surface area contributed by atoms with Crippen molar-refractivity contribution < 1.29 is 5.11 Å². The largest absolute Gasteiger partial charge is 0.394 e. The topological polar surface area (TPSA) is 56.7 Å². The number of guanidine groups is 1. The number of aliphatic hydroxyl groups excluding tert-OH is 1. The predicted octanol–water partition coefficient (Wildman–Crippen LogP) is 3.18. The van der Waals surface area contributed by atoms with Crippen LogP contribution in [-0.2, 0) is 0 Å². The van der Waals surface area contributed by atoms with Crippen molar-refractivity contribution >= 4 is 17.3 Å². The number of benzene rings is 2. The number of aliphatic imine (C=N–C) groups is 1. The zero-order valence-electron chi connectivity index (χ0n) is 12.4. The summed E-state index contributed by atoms with van der Waals surface area (Å²) in [6, 6.07) is 16.0. The smallest absolute Gasteiger partial charge is 0.200 e. The fourth-order valence-corrected chi connectivity index (χ4v) is 1.95. The van der Waals surface area contributed by atoms with E-state index in [-0.39, 0.29) is 6.61 Å². The Balaban J connectivity index is 2.20. The third kappa shape index (κ3) is 4.33. The standard InChI is InChI=1S/C17H21N3O/c1-13-7-3-5-9-15(13)19-17(18-11-12-21)20-16-10-6-4-8-14(16)2/h3-10,21H,11-12H2,1-2H3,(H2,18,19,20). The molecule has 2 aromatic rings. The first kappa shape index (κ1) is 15.1. The molecule has 0 aromatic heterocycles. The average molecular weight is 283 g/mol. The monoisotopic (exact) mass is 283 g/mol. The van der Waals surface area contributed by atoms with Gasteiger partial charge in [-0.25, -0.2) is 0 Å². The van der Waals surface area contributed by atoms with Crippen LogP contribution >= 0.6 is 0 Å². The summed E-state index contributed by atoms with van der Waals surface area (Å²) in [6.07, 6.45) is 0. The van der Waals surface area contributed by atoms with E-state index in [2.05, 4.69) is 15.6 Å². The van der Waals surface area contributed by atoms with E-state index in [0.29, 0.717) is 12.5 Å². The molecule has 110 valence electrons. The summed E-state index contributed by atoms with van der Waals surface area (Å²) in [5, 5.41) is 15.6. The lowest BCUT2D eigenvalue weighted by Crippen LogP contribution is -2.23. The van der Waals surface area contributed by atoms with Crippen LogP contribution in [0.1, 0.15) is 11.1 Å². The highest BCUT2D eigenvalue weighted by molar-refractivity contribution is 6.04. The lowest BCUT2D eigenvalue weighted by Gasteiger charge is -2.15. The van der Waals surface area contributed by atoms with E-state index in [4.69, 9.17) is 5.11 Å². The van der Waals surface area contributed by atoms with Gasteiger partial charge in [-0.2, -0.15) is 0 Å². The number of aliphatic hydroxyl groups is 1. The second-order valence-electron chi connectivity index (χ2n) is 4.83. The van der Waals surface area contributed by atoms with E-state index in [1.165, 1.54) is 0 Å². The summed E-state index contributed by atoms with van der Waals surface area (Å²) < 4.78 is 0. The van der Waals surface area contributed by atoms with Gasteiger partial charge in [0, 0.05) is 11.4 Å². The molecule has 0 saturated heterocycles. The molecule has 21 heavy (non-hydrogen) atoms. The van der Waals surface area contributed by atoms with Crippen LogP contribution in [0, 0.1) is 13.8 Å². The Morgan fingerprint density at radius 1 is 0.905 bits per heavy atom. The molecule has 4 heteroatoms. The summed E-state index contributed by atoms with van der Waals surface area (Å²) in [6.45, 7) is 4.46. The molecule has 2 rings (SSSR count). The number of hydrogen-bond donors (Lipinski definition) is 3. The lowest BCUT2D eigenvalue weighted by atomic mass is 10.2. The van der Waals surface area contributed by atoms with Gasteiger partial charge in [-0.05, 0) is 37.1 Å². The van der Waals surface area contributed by atoms with Gasteiger partial charge in [0.2, 0.25) is 0 Å². The van der Waals surface area contributed by atoms with Crippen molar-refractivity contribution in [3.8, 4) is 0 Å². The fraction of sp³-hybridized carbons (Fsp3) is 0.235. The molecule has 0 fully saturated rings. The van der Waals surface area contributed by atoms with Gasteiger partial charge in [0.25, 0.3) is 0 Å². The molecule has 0 amide bonds. The van der Waals surface area contributed by atoms with Crippen molar-refractivity contribution in [1.29, 1.82) is 0 Å². The average Bonchev–Trinajstić information content (AvgIpc) is 2.49. The lowest BCUT2D eigenvalue weighted by molar-refractivity contribution is 0.307. The minimum Gasteiger partial charge on any atom is -0.394 e. The summed E-state index contributed by atoms with van der Waals surface area (Å²) in [4.78, 5) is 4.36. The molecule has 0 atom stereocenters. The molecule has 0 saturated carbocycles. The summed E-state index contributed by atoms with van der Waals surface area (Å²) in [5.41, 5.74) is 4.27.